The highest BCUT2D eigenvalue weighted by Gasteiger charge is 2.32. The Balaban J connectivity index is 1.69. The van der Waals surface area contributed by atoms with Crippen LogP contribution in [0.4, 0.5) is 5.82 Å². The van der Waals surface area contributed by atoms with E-state index >= 15 is 0 Å². The lowest BCUT2D eigenvalue weighted by Crippen LogP contribution is -2.19. The third-order valence-electron chi connectivity index (χ3n) is 4.66. The van der Waals surface area contributed by atoms with Crippen LogP contribution in [-0.2, 0) is 9.84 Å². The van der Waals surface area contributed by atoms with Crippen molar-refractivity contribution < 1.29 is 17.9 Å². The molecule has 0 spiro atoms. The molecule has 2 aromatic heterocycles. The van der Waals surface area contributed by atoms with E-state index in [1.807, 2.05) is 35.7 Å². The van der Waals surface area contributed by atoms with Crippen LogP contribution in [0.3, 0.4) is 0 Å². The maximum absolute atomic E-state index is 12.5. The Hall–Kier alpha value is -2.65. The van der Waals surface area contributed by atoms with Crippen molar-refractivity contribution in [3.63, 3.8) is 0 Å². The van der Waals surface area contributed by atoms with Crippen LogP contribution in [0.1, 0.15) is 22.1 Å². The number of amides is 1. The molecule has 146 valence electrons. The zero-order chi connectivity index (χ0) is 19.7. The molecule has 1 saturated heterocycles. The molecule has 1 aliphatic heterocycles. The number of anilines is 1. The number of nitrogens with zero attached hydrogens (tertiary/aromatic N) is 2. The van der Waals surface area contributed by atoms with Gasteiger partial charge in [0.15, 0.2) is 9.84 Å². The van der Waals surface area contributed by atoms with E-state index in [0.717, 1.165) is 11.3 Å². The first kappa shape index (κ1) is 18.7. The Kier molecular flexibility index (Phi) is 4.94. The van der Waals surface area contributed by atoms with Gasteiger partial charge in [-0.1, -0.05) is 6.07 Å². The van der Waals surface area contributed by atoms with Crippen molar-refractivity contribution in [2.24, 2.45) is 0 Å². The Labute approximate surface area is 166 Å². The largest absolute Gasteiger partial charge is 0.497 e. The van der Waals surface area contributed by atoms with Crippen molar-refractivity contribution in [1.82, 2.24) is 9.78 Å². The van der Waals surface area contributed by atoms with Crippen LogP contribution in [0.25, 0.3) is 11.3 Å². The summed E-state index contributed by atoms with van der Waals surface area (Å²) in [5.41, 5.74) is 1.51. The highest BCUT2D eigenvalue weighted by atomic mass is 32.2. The molecule has 28 heavy (non-hydrogen) atoms. The summed E-state index contributed by atoms with van der Waals surface area (Å²) in [5.74, 6) is 1.15. The average molecular weight is 418 g/mol. The van der Waals surface area contributed by atoms with Crippen molar-refractivity contribution in [2.45, 2.75) is 12.5 Å². The summed E-state index contributed by atoms with van der Waals surface area (Å²) in [6.45, 7) is 0. The Morgan fingerprint density at radius 2 is 2.07 bits per heavy atom. The molecule has 0 radical (unpaired) electrons. The van der Waals surface area contributed by atoms with Crippen LogP contribution >= 0.6 is 11.3 Å². The fourth-order valence-electron chi connectivity index (χ4n) is 3.22. The number of hydrogen-bond acceptors (Lipinski definition) is 6. The number of carbonyl (C=O) groups excluding carboxylic acids is 1. The van der Waals surface area contributed by atoms with E-state index in [-0.39, 0.29) is 23.5 Å². The van der Waals surface area contributed by atoms with Gasteiger partial charge in [-0.05, 0) is 42.1 Å². The van der Waals surface area contributed by atoms with Crippen LogP contribution < -0.4 is 10.1 Å². The highest BCUT2D eigenvalue weighted by Crippen LogP contribution is 2.31. The number of benzene rings is 1. The van der Waals surface area contributed by atoms with Gasteiger partial charge in [-0.2, -0.15) is 5.10 Å². The maximum Gasteiger partial charge on any atom is 0.266 e. The fraction of sp³-hybridized carbons (Fsp3) is 0.263. The lowest BCUT2D eigenvalue weighted by atomic mass is 10.1. The molecule has 7 nitrogen and oxygen atoms in total. The van der Waals surface area contributed by atoms with E-state index in [0.29, 0.717) is 22.8 Å². The second-order valence-electron chi connectivity index (χ2n) is 6.58. The first-order valence-electron chi connectivity index (χ1n) is 8.74. The van der Waals surface area contributed by atoms with Gasteiger partial charge in [0.25, 0.3) is 5.91 Å². The van der Waals surface area contributed by atoms with Crippen molar-refractivity contribution in [3.05, 3.63) is 52.7 Å². The Morgan fingerprint density at radius 3 is 2.68 bits per heavy atom. The highest BCUT2D eigenvalue weighted by molar-refractivity contribution is 7.91. The molecule has 1 N–H and O–H groups in total. The van der Waals surface area contributed by atoms with Crippen LogP contribution in [0.2, 0.25) is 0 Å². The fourth-order valence-corrected chi connectivity index (χ4v) is 5.53. The number of sulfone groups is 1. The summed E-state index contributed by atoms with van der Waals surface area (Å²) < 4.78 is 30.7. The number of aromatic nitrogens is 2. The van der Waals surface area contributed by atoms with Crippen molar-refractivity contribution in [2.75, 3.05) is 23.9 Å². The molecule has 1 aliphatic rings. The van der Waals surface area contributed by atoms with E-state index in [4.69, 9.17) is 4.74 Å². The molecule has 9 heteroatoms. The molecule has 3 heterocycles. The summed E-state index contributed by atoms with van der Waals surface area (Å²) >= 11 is 1.34. The third-order valence-corrected chi connectivity index (χ3v) is 7.28. The lowest BCUT2D eigenvalue weighted by molar-refractivity contribution is 0.102. The van der Waals surface area contributed by atoms with Gasteiger partial charge in [0, 0.05) is 11.6 Å². The van der Waals surface area contributed by atoms with Gasteiger partial charge in [0.05, 0.1) is 35.2 Å². The van der Waals surface area contributed by atoms with E-state index in [2.05, 4.69) is 10.4 Å². The number of methoxy groups -OCH3 is 1. The molecule has 1 unspecified atom stereocenters. The second kappa shape index (κ2) is 7.40. The minimum Gasteiger partial charge on any atom is -0.497 e. The summed E-state index contributed by atoms with van der Waals surface area (Å²) in [6.07, 6.45) is 0.480. The van der Waals surface area contributed by atoms with Gasteiger partial charge in [0.1, 0.15) is 11.6 Å². The molecule has 0 bridgehead atoms. The van der Waals surface area contributed by atoms with Crippen LogP contribution in [0.15, 0.2) is 47.8 Å². The zero-order valence-corrected chi connectivity index (χ0v) is 16.8. The van der Waals surface area contributed by atoms with Gasteiger partial charge >= 0.3 is 0 Å². The molecule has 3 aromatic rings. The van der Waals surface area contributed by atoms with Crippen molar-refractivity contribution in [1.29, 1.82) is 0 Å². The van der Waals surface area contributed by atoms with Crippen LogP contribution in [0, 0.1) is 0 Å². The SMILES string of the molecule is COc1ccc(-c2cc(NC(=O)c3cccs3)n(C3CCS(=O)(=O)C3)n2)cc1. The molecule has 0 saturated carbocycles. The summed E-state index contributed by atoms with van der Waals surface area (Å²) in [6, 6.07) is 12.4. The summed E-state index contributed by atoms with van der Waals surface area (Å²) in [4.78, 5) is 13.1. The van der Waals surface area contributed by atoms with E-state index < -0.39 is 9.84 Å². The number of nitrogens with one attached hydrogen (secondary N) is 1. The molecule has 1 amide bonds. The van der Waals surface area contributed by atoms with Gasteiger partial charge in [-0.15, -0.1) is 11.3 Å². The van der Waals surface area contributed by atoms with Crippen LogP contribution in [0.5, 0.6) is 5.75 Å². The number of thiophene rings is 1. The Bertz CT molecular complexity index is 1090. The standard InChI is InChI=1S/C19H19N3O4S2/c1-26-15-6-4-13(5-7-15)16-11-18(20-19(23)17-3-2-9-27-17)22(21-16)14-8-10-28(24,25)12-14/h2-7,9,11,14H,8,10,12H2,1H3,(H,20,23). The predicted octanol–water partition coefficient (Wildman–Crippen LogP) is 3.23. The van der Waals surface area contributed by atoms with Gasteiger partial charge < -0.3 is 10.1 Å². The number of carbonyl (C=O) groups is 1. The van der Waals surface area contributed by atoms with Crippen molar-refractivity contribution in [3.8, 4) is 17.0 Å². The van der Waals surface area contributed by atoms with Crippen LogP contribution in [-0.4, -0.2) is 42.7 Å². The smallest absolute Gasteiger partial charge is 0.266 e. The Morgan fingerprint density at radius 1 is 1.29 bits per heavy atom. The van der Waals surface area contributed by atoms with E-state index in [9.17, 15) is 13.2 Å². The van der Waals surface area contributed by atoms with E-state index in [1.165, 1.54) is 11.3 Å². The minimum absolute atomic E-state index is 0.0264. The molecular weight excluding hydrogens is 398 g/mol. The molecule has 1 aromatic carbocycles. The normalized spacial score (nSPS) is 18.1. The first-order valence-corrected chi connectivity index (χ1v) is 11.4. The van der Waals surface area contributed by atoms with Gasteiger partial charge in [-0.3, -0.25) is 4.79 Å². The monoisotopic (exact) mass is 417 g/mol. The first-order chi connectivity index (χ1) is 13.4. The molecule has 1 atom stereocenters. The molecular formula is C19H19N3O4S2. The number of ether oxygens (including phenoxy) is 1. The quantitative estimate of drug-likeness (QED) is 0.688. The number of rotatable bonds is 5. The topological polar surface area (TPSA) is 90.3 Å². The molecule has 1 fully saturated rings. The van der Waals surface area contributed by atoms with Gasteiger partial charge in [-0.25, -0.2) is 13.1 Å². The van der Waals surface area contributed by atoms with Crippen molar-refractivity contribution >= 4 is 32.9 Å². The third kappa shape index (κ3) is 3.81. The maximum atomic E-state index is 12.5. The van der Waals surface area contributed by atoms with E-state index in [1.54, 1.807) is 23.9 Å². The minimum atomic E-state index is -3.08. The average Bonchev–Trinajstić information content (AvgIpc) is 3.41. The lowest BCUT2D eigenvalue weighted by Gasteiger charge is -2.13. The molecule has 4 rings (SSSR count). The molecule has 0 aliphatic carbocycles. The summed E-state index contributed by atoms with van der Waals surface area (Å²) in [7, 11) is -1.48. The second-order valence-corrected chi connectivity index (χ2v) is 9.75. The zero-order valence-electron chi connectivity index (χ0n) is 15.2. The predicted molar refractivity (Wildman–Crippen MR) is 109 cm³/mol. The number of hydrogen-bond donors (Lipinski definition) is 1. The van der Waals surface area contributed by atoms with Gasteiger partial charge in [0.2, 0.25) is 0 Å². The summed E-state index contributed by atoms with van der Waals surface area (Å²) in [5, 5.41) is 9.33.